The van der Waals surface area contributed by atoms with Gasteiger partial charge in [0.15, 0.2) is 9.84 Å². The first-order valence-corrected chi connectivity index (χ1v) is 13.4. The maximum absolute atomic E-state index is 12.9. The second-order valence-electron chi connectivity index (χ2n) is 9.24. The number of hydrogen-bond donors (Lipinski definition) is 2. The van der Waals surface area contributed by atoms with Crippen molar-refractivity contribution in [1.82, 2.24) is 15.5 Å². The number of rotatable bonds is 6. The van der Waals surface area contributed by atoms with Crippen molar-refractivity contribution in [2.75, 3.05) is 23.7 Å². The molecule has 4 rings (SSSR count). The maximum atomic E-state index is 12.9. The van der Waals surface area contributed by atoms with Gasteiger partial charge in [-0.1, -0.05) is 19.8 Å². The van der Waals surface area contributed by atoms with E-state index in [1.165, 1.54) is 0 Å². The number of nitrogens with zero attached hydrogens (tertiary/aromatic N) is 2. The standard InChI is InChI=1S/C23H32N4O5S/c1-3-33(31,32)19-8-6-18(7-9-19)26-14-10-17(11-15-26)24-20(28)16(2)27-21(29)23(25-22(27)30)12-4-5-13-23/h6-9,16-17H,3-5,10-15H2,1-2H3,(H,24,28)(H,25,30). The molecule has 3 aliphatic rings. The molecule has 1 aliphatic carbocycles. The largest absolute Gasteiger partial charge is 0.371 e. The van der Waals surface area contributed by atoms with Crippen molar-refractivity contribution in [3.63, 3.8) is 0 Å². The summed E-state index contributed by atoms with van der Waals surface area (Å²) in [7, 11) is -3.22. The fraction of sp³-hybridized carbons (Fsp3) is 0.609. The molecule has 1 spiro atoms. The number of imide groups is 1. The van der Waals surface area contributed by atoms with Gasteiger partial charge in [0, 0.05) is 24.8 Å². The summed E-state index contributed by atoms with van der Waals surface area (Å²) in [4.78, 5) is 41.8. The van der Waals surface area contributed by atoms with Gasteiger partial charge in [0.1, 0.15) is 11.6 Å². The smallest absolute Gasteiger partial charge is 0.325 e. The number of anilines is 1. The first-order valence-electron chi connectivity index (χ1n) is 11.7. The highest BCUT2D eigenvalue weighted by Gasteiger charge is 2.54. The minimum atomic E-state index is -3.22. The summed E-state index contributed by atoms with van der Waals surface area (Å²) in [6.45, 7) is 4.65. The lowest BCUT2D eigenvalue weighted by atomic mass is 9.97. The van der Waals surface area contributed by atoms with Crippen LogP contribution in [0, 0.1) is 0 Å². The fourth-order valence-corrected chi connectivity index (χ4v) is 5.95. The number of amides is 4. The van der Waals surface area contributed by atoms with Crippen molar-refractivity contribution in [2.24, 2.45) is 0 Å². The Morgan fingerprint density at radius 3 is 2.33 bits per heavy atom. The molecule has 1 saturated carbocycles. The summed E-state index contributed by atoms with van der Waals surface area (Å²) < 4.78 is 24.0. The molecule has 4 amide bonds. The summed E-state index contributed by atoms with van der Waals surface area (Å²) in [5.74, 6) is -0.529. The summed E-state index contributed by atoms with van der Waals surface area (Å²) in [5, 5.41) is 5.83. The van der Waals surface area contributed by atoms with Gasteiger partial charge in [-0.15, -0.1) is 0 Å². The van der Waals surface area contributed by atoms with Crippen molar-refractivity contribution in [3.05, 3.63) is 24.3 Å². The number of nitrogens with one attached hydrogen (secondary N) is 2. The number of carbonyl (C=O) groups excluding carboxylic acids is 3. The van der Waals surface area contributed by atoms with E-state index in [2.05, 4.69) is 15.5 Å². The van der Waals surface area contributed by atoms with Crippen LogP contribution in [0.25, 0.3) is 0 Å². The molecule has 3 fully saturated rings. The zero-order chi connectivity index (χ0) is 23.8. The quantitative estimate of drug-likeness (QED) is 0.605. The van der Waals surface area contributed by atoms with Gasteiger partial charge in [-0.05, 0) is 56.9 Å². The van der Waals surface area contributed by atoms with Gasteiger partial charge in [0.05, 0.1) is 10.6 Å². The Hall–Kier alpha value is -2.62. The van der Waals surface area contributed by atoms with Crippen LogP contribution in [0.2, 0.25) is 0 Å². The first-order chi connectivity index (χ1) is 15.7. The van der Waals surface area contributed by atoms with Crippen molar-refractivity contribution < 1.29 is 22.8 Å². The highest BCUT2D eigenvalue weighted by molar-refractivity contribution is 7.91. The predicted octanol–water partition coefficient (Wildman–Crippen LogP) is 1.82. The van der Waals surface area contributed by atoms with Gasteiger partial charge < -0.3 is 15.5 Å². The molecule has 1 unspecified atom stereocenters. The molecule has 180 valence electrons. The van der Waals surface area contributed by atoms with Crippen LogP contribution in [0.5, 0.6) is 0 Å². The lowest BCUT2D eigenvalue weighted by Gasteiger charge is -2.35. The SMILES string of the molecule is CCS(=O)(=O)c1ccc(N2CCC(NC(=O)C(C)N3C(=O)NC4(CCCC4)C3=O)CC2)cc1. The minimum absolute atomic E-state index is 0.0443. The maximum Gasteiger partial charge on any atom is 0.325 e. The van der Waals surface area contributed by atoms with E-state index in [0.29, 0.717) is 30.8 Å². The Morgan fingerprint density at radius 1 is 1.15 bits per heavy atom. The van der Waals surface area contributed by atoms with Crippen LogP contribution in [0.3, 0.4) is 0 Å². The number of hydrogen-bond acceptors (Lipinski definition) is 6. The molecule has 33 heavy (non-hydrogen) atoms. The van der Waals surface area contributed by atoms with E-state index in [0.717, 1.165) is 36.3 Å². The summed E-state index contributed by atoms with van der Waals surface area (Å²) in [6, 6.07) is 5.53. The summed E-state index contributed by atoms with van der Waals surface area (Å²) >= 11 is 0. The van der Waals surface area contributed by atoms with Crippen LogP contribution in [0.4, 0.5) is 10.5 Å². The molecule has 0 bridgehead atoms. The molecule has 9 nitrogen and oxygen atoms in total. The zero-order valence-corrected chi connectivity index (χ0v) is 20.0. The lowest BCUT2D eigenvalue weighted by Crippen LogP contribution is -2.53. The number of sulfone groups is 1. The van der Waals surface area contributed by atoms with Gasteiger partial charge >= 0.3 is 6.03 Å². The third kappa shape index (κ3) is 4.45. The van der Waals surface area contributed by atoms with Crippen LogP contribution >= 0.6 is 0 Å². The molecule has 2 N–H and O–H groups in total. The lowest BCUT2D eigenvalue weighted by molar-refractivity contribution is -0.138. The van der Waals surface area contributed by atoms with Crippen LogP contribution < -0.4 is 15.5 Å². The van der Waals surface area contributed by atoms with Crippen LogP contribution in [0.1, 0.15) is 52.4 Å². The van der Waals surface area contributed by atoms with Crippen molar-refractivity contribution in [3.8, 4) is 0 Å². The second kappa shape index (κ2) is 8.96. The topological polar surface area (TPSA) is 116 Å². The van der Waals surface area contributed by atoms with Gasteiger partial charge in [0.2, 0.25) is 5.91 Å². The molecule has 2 aliphatic heterocycles. The number of carbonyl (C=O) groups is 3. The molecule has 2 heterocycles. The summed E-state index contributed by atoms with van der Waals surface area (Å²) in [5.41, 5.74) is 0.132. The van der Waals surface area contributed by atoms with Gasteiger partial charge in [-0.25, -0.2) is 18.1 Å². The molecule has 1 aromatic carbocycles. The van der Waals surface area contributed by atoms with E-state index in [1.807, 2.05) is 12.1 Å². The van der Waals surface area contributed by atoms with Gasteiger partial charge in [-0.2, -0.15) is 0 Å². The van der Waals surface area contributed by atoms with Crippen molar-refractivity contribution in [1.29, 1.82) is 0 Å². The van der Waals surface area contributed by atoms with Gasteiger partial charge in [0.25, 0.3) is 5.91 Å². The fourth-order valence-electron chi connectivity index (χ4n) is 5.06. The van der Waals surface area contributed by atoms with Crippen LogP contribution in [0.15, 0.2) is 29.2 Å². The molecular weight excluding hydrogens is 444 g/mol. The van der Waals surface area contributed by atoms with Crippen molar-refractivity contribution in [2.45, 2.75) is 74.9 Å². The monoisotopic (exact) mass is 476 g/mol. The third-order valence-corrected chi connectivity index (χ3v) is 8.95. The van der Waals surface area contributed by atoms with E-state index in [4.69, 9.17) is 0 Å². The Kier molecular flexibility index (Phi) is 6.39. The highest BCUT2D eigenvalue weighted by atomic mass is 32.2. The molecule has 0 aromatic heterocycles. The van der Waals surface area contributed by atoms with Crippen LogP contribution in [-0.4, -0.2) is 67.6 Å². The third-order valence-electron chi connectivity index (χ3n) is 7.20. The number of piperidine rings is 1. The average Bonchev–Trinajstić information content (AvgIpc) is 3.38. The van der Waals surface area contributed by atoms with Crippen molar-refractivity contribution >= 4 is 33.4 Å². The Labute approximate surface area is 194 Å². The number of urea groups is 1. The molecule has 10 heteroatoms. The van der Waals surface area contributed by atoms with E-state index in [9.17, 15) is 22.8 Å². The predicted molar refractivity (Wildman–Crippen MR) is 124 cm³/mol. The van der Waals surface area contributed by atoms with E-state index in [1.54, 1.807) is 26.0 Å². The van der Waals surface area contributed by atoms with E-state index < -0.39 is 27.4 Å². The molecule has 0 radical (unpaired) electrons. The Morgan fingerprint density at radius 2 is 1.76 bits per heavy atom. The van der Waals surface area contributed by atoms with Gasteiger partial charge in [-0.3, -0.25) is 9.59 Å². The Bertz CT molecular complexity index is 1030. The first kappa shape index (κ1) is 23.5. The second-order valence-corrected chi connectivity index (χ2v) is 11.5. The highest BCUT2D eigenvalue weighted by Crippen LogP contribution is 2.35. The minimum Gasteiger partial charge on any atom is -0.371 e. The molecular formula is C23H32N4O5S. The molecule has 1 atom stereocenters. The Balaban J connectivity index is 1.31. The van der Waals surface area contributed by atoms with E-state index >= 15 is 0 Å². The zero-order valence-electron chi connectivity index (χ0n) is 19.2. The number of benzene rings is 1. The molecule has 1 aromatic rings. The van der Waals surface area contributed by atoms with Crippen LogP contribution in [-0.2, 0) is 19.4 Å². The summed E-state index contributed by atoms with van der Waals surface area (Å²) in [6.07, 6.45) is 4.50. The average molecular weight is 477 g/mol. The van der Waals surface area contributed by atoms with E-state index in [-0.39, 0.29) is 23.6 Å². The molecule has 2 saturated heterocycles. The normalized spacial score (nSPS) is 22.0.